The van der Waals surface area contributed by atoms with Gasteiger partial charge in [-0.2, -0.15) is 0 Å². The molecule has 0 fully saturated rings. The summed E-state index contributed by atoms with van der Waals surface area (Å²) in [5, 5.41) is 33.7. The fraction of sp³-hybridized carbons (Fsp3) is 0.714. The lowest BCUT2D eigenvalue weighted by atomic mass is 10.1. The lowest BCUT2D eigenvalue weighted by Crippen LogP contribution is -2.58. The highest BCUT2D eigenvalue weighted by atomic mass is 16.4. The molecule has 11 heteroatoms. The van der Waals surface area contributed by atoms with Gasteiger partial charge < -0.3 is 37.0 Å². The van der Waals surface area contributed by atoms with Crippen molar-refractivity contribution in [2.75, 3.05) is 13.2 Å². The molecule has 0 aliphatic rings. The number of carbonyl (C=O) groups is 4. The van der Waals surface area contributed by atoms with Crippen molar-refractivity contribution in [3.8, 4) is 0 Å². The first-order valence-corrected chi connectivity index (χ1v) is 7.66. The van der Waals surface area contributed by atoms with Gasteiger partial charge in [0.1, 0.15) is 12.1 Å². The Morgan fingerprint density at radius 2 is 1.60 bits per heavy atom. The van der Waals surface area contributed by atoms with Gasteiger partial charge in [0.05, 0.1) is 25.3 Å². The van der Waals surface area contributed by atoms with Gasteiger partial charge >= 0.3 is 5.97 Å². The van der Waals surface area contributed by atoms with Crippen molar-refractivity contribution in [2.45, 2.75) is 45.0 Å². The summed E-state index contributed by atoms with van der Waals surface area (Å²) in [5.41, 5.74) is 5.62. The number of amides is 3. The Morgan fingerprint density at radius 1 is 1.04 bits per heavy atom. The van der Waals surface area contributed by atoms with E-state index in [2.05, 4.69) is 10.6 Å². The van der Waals surface area contributed by atoms with E-state index in [1.165, 1.54) is 6.92 Å². The summed E-state index contributed by atoms with van der Waals surface area (Å²) in [6.45, 7) is 3.35. The van der Waals surface area contributed by atoms with E-state index < -0.39 is 61.1 Å². The maximum Gasteiger partial charge on any atom is 0.328 e. The van der Waals surface area contributed by atoms with E-state index in [1.807, 2.05) is 5.32 Å². The van der Waals surface area contributed by atoms with E-state index in [1.54, 1.807) is 13.8 Å². The van der Waals surface area contributed by atoms with Gasteiger partial charge in [0.25, 0.3) is 0 Å². The van der Waals surface area contributed by atoms with Crippen LogP contribution in [0.3, 0.4) is 0 Å². The molecule has 0 spiro atoms. The third kappa shape index (κ3) is 7.92. The number of carboxylic acids is 1. The van der Waals surface area contributed by atoms with E-state index in [4.69, 9.17) is 15.9 Å². The number of aliphatic hydroxyl groups is 2. The lowest BCUT2D eigenvalue weighted by molar-refractivity contribution is -0.144. The minimum atomic E-state index is -1.57. The SMILES string of the molecule is CC(C)C(N)C(=O)NCC(=O)NC(C(=O)NC(CO)C(=O)O)C(C)O. The van der Waals surface area contributed by atoms with Crippen LogP contribution < -0.4 is 21.7 Å². The summed E-state index contributed by atoms with van der Waals surface area (Å²) in [4.78, 5) is 46.2. The molecular weight excluding hydrogens is 336 g/mol. The predicted molar refractivity (Wildman–Crippen MR) is 86.1 cm³/mol. The van der Waals surface area contributed by atoms with E-state index in [9.17, 15) is 24.3 Å². The smallest absolute Gasteiger partial charge is 0.328 e. The standard InChI is InChI=1S/C14H26N4O7/c1-6(2)10(15)12(22)16-4-9(21)18-11(7(3)20)13(23)17-8(5-19)14(24)25/h6-8,10-11,19-20H,4-5,15H2,1-3H3,(H,16,22)(H,17,23)(H,18,21)(H,24,25). The van der Waals surface area contributed by atoms with Crippen molar-refractivity contribution < 1.29 is 34.5 Å². The number of carboxylic acid groups (broad SMARTS) is 1. The molecule has 0 aromatic rings. The topological polar surface area (TPSA) is 191 Å². The molecule has 0 radical (unpaired) electrons. The average molecular weight is 362 g/mol. The normalized spacial score (nSPS) is 15.6. The zero-order chi connectivity index (χ0) is 19.7. The van der Waals surface area contributed by atoms with Crippen LogP contribution in [0.2, 0.25) is 0 Å². The number of nitrogens with one attached hydrogen (secondary N) is 3. The maximum absolute atomic E-state index is 12.0. The summed E-state index contributed by atoms with van der Waals surface area (Å²) in [6.07, 6.45) is -1.34. The van der Waals surface area contributed by atoms with Crippen LogP contribution in [-0.2, 0) is 19.2 Å². The van der Waals surface area contributed by atoms with E-state index in [-0.39, 0.29) is 5.92 Å². The molecule has 3 amide bonds. The second kappa shape index (κ2) is 10.6. The van der Waals surface area contributed by atoms with Gasteiger partial charge in [-0.1, -0.05) is 13.8 Å². The van der Waals surface area contributed by atoms with Crippen molar-refractivity contribution in [2.24, 2.45) is 11.7 Å². The Morgan fingerprint density at radius 3 is 2.00 bits per heavy atom. The first kappa shape index (κ1) is 22.8. The number of hydrogen-bond donors (Lipinski definition) is 7. The van der Waals surface area contributed by atoms with Crippen LogP contribution in [0.25, 0.3) is 0 Å². The quantitative estimate of drug-likeness (QED) is 0.208. The maximum atomic E-state index is 12.0. The van der Waals surface area contributed by atoms with Crippen LogP contribution in [0.5, 0.6) is 0 Å². The van der Waals surface area contributed by atoms with Crippen LogP contribution >= 0.6 is 0 Å². The summed E-state index contributed by atoms with van der Waals surface area (Å²) >= 11 is 0. The molecule has 0 heterocycles. The number of aliphatic carboxylic acids is 1. The molecule has 0 bridgehead atoms. The largest absolute Gasteiger partial charge is 0.480 e. The number of rotatable bonds is 10. The monoisotopic (exact) mass is 362 g/mol. The van der Waals surface area contributed by atoms with Crippen molar-refractivity contribution in [1.82, 2.24) is 16.0 Å². The van der Waals surface area contributed by atoms with Crippen molar-refractivity contribution in [3.63, 3.8) is 0 Å². The Balaban J connectivity index is 4.70. The summed E-state index contributed by atoms with van der Waals surface area (Å²) in [7, 11) is 0. The minimum absolute atomic E-state index is 0.134. The molecule has 0 aliphatic heterocycles. The van der Waals surface area contributed by atoms with Gasteiger partial charge in [0, 0.05) is 0 Å². The number of hydrogen-bond acceptors (Lipinski definition) is 7. The molecule has 144 valence electrons. The molecular formula is C14H26N4O7. The Kier molecular flexibility index (Phi) is 9.64. The van der Waals surface area contributed by atoms with Gasteiger partial charge in [0.15, 0.2) is 0 Å². The summed E-state index contributed by atoms with van der Waals surface area (Å²) in [6, 6.07) is -3.84. The Hall–Kier alpha value is -2.24. The number of carbonyl (C=O) groups excluding carboxylic acids is 3. The highest BCUT2D eigenvalue weighted by Gasteiger charge is 2.29. The molecule has 0 aromatic carbocycles. The highest BCUT2D eigenvalue weighted by Crippen LogP contribution is 1.98. The lowest BCUT2D eigenvalue weighted by Gasteiger charge is -2.23. The molecule has 0 saturated carbocycles. The first-order chi connectivity index (χ1) is 11.5. The summed E-state index contributed by atoms with van der Waals surface area (Å²) in [5.74, 6) is -3.92. The van der Waals surface area contributed by atoms with Gasteiger partial charge in [-0.15, -0.1) is 0 Å². The molecule has 0 rings (SSSR count). The van der Waals surface area contributed by atoms with Crippen LogP contribution in [-0.4, -0.2) is 76.4 Å². The fourth-order valence-corrected chi connectivity index (χ4v) is 1.66. The second-order valence-electron chi connectivity index (χ2n) is 5.86. The van der Waals surface area contributed by atoms with Gasteiger partial charge in [-0.25, -0.2) is 4.79 Å². The molecule has 4 atom stereocenters. The van der Waals surface area contributed by atoms with Gasteiger partial charge in [0.2, 0.25) is 17.7 Å². The zero-order valence-corrected chi connectivity index (χ0v) is 14.4. The van der Waals surface area contributed by atoms with Gasteiger partial charge in [-0.05, 0) is 12.8 Å². The predicted octanol–water partition coefficient (Wildman–Crippen LogP) is -3.49. The highest BCUT2D eigenvalue weighted by molar-refractivity contribution is 5.92. The third-order valence-electron chi connectivity index (χ3n) is 3.32. The molecule has 4 unspecified atom stereocenters. The van der Waals surface area contributed by atoms with E-state index >= 15 is 0 Å². The van der Waals surface area contributed by atoms with Gasteiger partial charge in [-0.3, -0.25) is 14.4 Å². The van der Waals surface area contributed by atoms with E-state index in [0.717, 1.165) is 0 Å². The fourth-order valence-electron chi connectivity index (χ4n) is 1.66. The van der Waals surface area contributed by atoms with Crippen molar-refractivity contribution >= 4 is 23.7 Å². The van der Waals surface area contributed by atoms with Crippen LogP contribution in [0.1, 0.15) is 20.8 Å². The second-order valence-corrected chi connectivity index (χ2v) is 5.86. The van der Waals surface area contributed by atoms with Crippen LogP contribution in [0.15, 0.2) is 0 Å². The Labute approximate surface area is 145 Å². The minimum Gasteiger partial charge on any atom is -0.480 e. The first-order valence-electron chi connectivity index (χ1n) is 7.66. The number of aliphatic hydroxyl groups excluding tert-OH is 2. The Bertz CT molecular complexity index is 496. The number of nitrogens with two attached hydrogens (primary N) is 1. The average Bonchev–Trinajstić information content (AvgIpc) is 2.53. The van der Waals surface area contributed by atoms with E-state index in [0.29, 0.717) is 0 Å². The molecule has 0 saturated heterocycles. The molecule has 8 N–H and O–H groups in total. The molecule has 0 aromatic heterocycles. The van der Waals surface area contributed by atoms with Crippen LogP contribution in [0, 0.1) is 5.92 Å². The summed E-state index contributed by atoms with van der Waals surface area (Å²) < 4.78 is 0. The third-order valence-corrected chi connectivity index (χ3v) is 3.32. The molecule has 25 heavy (non-hydrogen) atoms. The van der Waals surface area contributed by atoms with Crippen molar-refractivity contribution in [3.05, 3.63) is 0 Å². The molecule has 0 aliphatic carbocycles. The molecule has 11 nitrogen and oxygen atoms in total. The van der Waals surface area contributed by atoms with Crippen LogP contribution in [0.4, 0.5) is 0 Å². The van der Waals surface area contributed by atoms with Crippen molar-refractivity contribution in [1.29, 1.82) is 0 Å². The zero-order valence-electron chi connectivity index (χ0n) is 14.4.